The van der Waals surface area contributed by atoms with Crippen molar-refractivity contribution in [1.29, 1.82) is 0 Å². The molecule has 1 atom stereocenters. The molecule has 0 saturated carbocycles. The quantitative estimate of drug-likeness (QED) is 0.845. The highest BCUT2D eigenvalue weighted by Crippen LogP contribution is 2.17. The highest BCUT2D eigenvalue weighted by atomic mass is 16.5. The van der Waals surface area contributed by atoms with E-state index in [1.165, 1.54) is 24.8 Å². The number of allylic oxidation sites excluding steroid dienone is 1. The summed E-state index contributed by atoms with van der Waals surface area (Å²) in [6.45, 7) is 0.0241. The summed E-state index contributed by atoms with van der Waals surface area (Å²) in [6.07, 6.45) is 8.90. The minimum Gasteiger partial charge on any atom is -0.342 e. The molecule has 0 aliphatic carbocycles. The van der Waals surface area contributed by atoms with Gasteiger partial charge in [-0.1, -0.05) is 11.2 Å². The number of amides is 2. The first-order valence-corrected chi connectivity index (χ1v) is 6.35. The third kappa shape index (κ3) is 2.92. The number of hydrogen-bond donors (Lipinski definition) is 1. The number of carbonyl (C=O) groups is 2. The van der Waals surface area contributed by atoms with E-state index in [1.807, 2.05) is 0 Å². The molecular formula is C13H10N6O3. The molecule has 1 N–H and O–H groups in total. The molecule has 1 aliphatic heterocycles. The van der Waals surface area contributed by atoms with Gasteiger partial charge in [0.25, 0.3) is 11.8 Å². The Bertz CT molecular complexity index is 752. The first kappa shape index (κ1) is 13.7. The molecule has 0 fully saturated rings. The van der Waals surface area contributed by atoms with Crippen LogP contribution < -0.4 is 5.32 Å². The molecule has 0 saturated heterocycles. The predicted octanol–water partition coefficient (Wildman–Crippen LogP) is 0.0404. The van der Waals surface area contributed by atoms with Crippen molar-refractivity contribution < 1.29 is 14.1 Å². The van der Waals surface area contributed by atoms with E-state index >= 15 is 0 Å². The van der Waals surface area contributed by atoms with E-state index in [2.05, 4.69) is 30.4 Å². The molecule has 0 spiro atoms. The van der Waals surface area contributed by atoms with Crippen molar-refractivity contribution in [2.45, 2.75) is 12.5 Å². The third-order valence-corrected chi connectivity index (χ3v) is 2.82. The minimum atomic E-state index is -0.654. The number of hydrogen-bond acceptors (Lipinski definition) is 7. The van der Waals surface area contributed by atoms with Gasteiger partial charge in [0.1, 0.15) is 11.6 Å². The van der Waals surface area contributed by atoms with Crippen molar-refractivity contribution in [3.05, 3.63) is 48.2 Å². The Balaban J connectivity index is 1.63. The molecule has 2 aromatic rings. The van der Waals surface area contributed by atoms with Crippen molar-refractivity contribution >= 4 is 18.0 Å². The Morgan fingerprint density at radius 3 is 3.05 bits per heavy atom. The van der Waals surface area contributed by atoms with E-state index in [-0.39, 0.29) is 29.9 Å². The summed E-state index contributed by atoms with van der Waals surface area (Å²) in [5, 5.41) is 6.30. The Morgan fingerprint density at radius 2 is 2.27 bits per heavy atom. The fraction of sp³-hybridized carbons (Fsp3) is 0.154. The Morgan fingerprint density at radius 1 is 1.36 bits per heavy atom. The summed E-state index contributed by atoms with van der Waals surface area (Å²) < 4.78 is 5.00. The van der Waals surface area contributed by atoms with Crippen LogP contribution in [0.5, 0.6) is 0 Å². The van der Waals surface area contributed by atoms with Crippen LogP contribution in [-0.2, 0) is 11.3 Å². The molecule has 1 unspecified atom stereocenters. The molecule has 9 heteroatoms. The van der Waals surface area contributed by atoms with E-state index in [9.17, 15) is 9.59 Å². The minimum absolute atomic E-state index is 0.0241. The average molecular weight is 298 g/mol. The molecule has 0 radical (unpaired) electrons. The van der Waals surface area contributed by atoms with E-state index in [1.54, 1.807) is 12.2 Å². The normalized spacial score (nSPS) is 16.7. The van der Waals surface area contributed by atoms with Gasteiger partial charge in [-0.15, -0.1) is 0 Å². The number of nitrogens with one attached hydrogen (secondary N) is 1. The van der Waals surface area contributed by atoms with Crippen LogP contribution >= 0.6 is 0 Å². The van der Waals surface area contributed by atoms with E-state index < -0.39 is 11.8 Å². The van der Waals surface area contributed by atoms with E-state index in [4.69, 9.17) is 4.52 Å². The number of nitrogens with zero attached hydrogens (tertiary/aromatic N) is 5. The highest BCUT2D eigenvalue weighted by molar-refractivity contribution is 5.96. The molecule has 2 amide bonds. The van der Waals surface area contributed by atoms with Crippen LogP contribution in [0.15, 0.2) is 40.3 Å². The van der Waals surface area contributed by atoms with Crippen molar-refractivity contribution in [2.75, 3.05) is 0 Å². The molecule has 3 rings (SSSR count). The zero-order valence-electron chi connectivity index (χ0n) is 11.2. The van der Waals surface area contributed by atoms with Gasteiger partial charge in [0.15, 0.2) is 5.82 Å². The molecule has 110 valence electrons. The van der Waals surface area contributed by atoms with Crippen molar-refractivity contribution in [3.8, 4) is 0 Å². The van der Waals surface area contributed by atoms with Crippen LogP contribution in [0.1, 0.15) is 28.1 Å². The molecule has 3 heterocycles. The van der Waals surface area contributed by atoms with Gasteiger partial charge in [-0.2, -0.15) is 4.98 Å². The number of aromatic nitrogens is 4. The Labute approximate surface area is 124 Å². The Hall–Kier alpha value is -3.23. The van der Waals surface area contributed by atoms with Crippen molar-refractivity contribution in [3.63, 3.8) is 0 Å². The van der Waals surface area contributed by atoms with Gasteiger partial charge in [0.05, 0.1) is 12.7 Å². The van der Waals surface area contributed by atoms with Gasteiger partial charge < -0.3 is 9.84 Å². The van der Waals surface area contributed by atoms with Gasteiger partial charge in [0.2, 0.25) is 5.89 Å². The van der Waals surface area contributed by atoms with Crippen LogP contribution in [0.4, 0.5) is 0 Å². The molecule has 0 bridgehead atoms. The second-order valence-corrected chi connectivity index (χ2v) is 4.30. The third-order valence-electron chi connectivity index (χ3n) is 2.82. The zero-order valence-corrected chi connectivity index (χ0v) is 11.2. The smallest absolute Gasteiger partial charge is 0.271 e. The number of dihydropyridines is 1. The zero-order chi connectivity index (χ0) is 15.4. The first-order chi connectivity index (χ1) is 10.7. The average Bonchev–Trinajstić information content (AvgIpc) is 3.02. The summed E-state index contributed by atoms with van der Waals surface area (Å²) in [5.74, 6) is -1.03. The number of carbonyl (C=O) groups excluding carboxylic acids is 2. The van der Waals surface area contributed by atoms with Gasteiger partial charge in [0, 0.05) is 18.6 Å². The molecule has 1 aliphatic rings. The summed E-state index contributed by atoms with van der Waals surface area (Å²) in [5.41, 5.74) is 0.182. The lowest BCUT2D eigenvalue weighted by molar-refractivity contribution is -0.118. The highest BCUT2D eigenvalue weighted by Gasteiger charge is 2.24. The standard InChI is InChI=1S/C13H10N6O3/c20-12-8(2-1-3-16-12)11-18-10(22-19-11)7-17-13(21)9-6-14-4-5-15-9/h1-6,8H,7H2,(H,17,21). The number of rotatable bonds is 4. The van der Waals surface area contributed by atoms with Gasteiger partial charge in [-0.25, -0.2) is 9.98 Å². The summed E-state index contributed by atoms with van der Waals surface area (Å²) >= 11 is 0. The SMILES string of the molecule is O=C(NCc1nc(C2C=CC=NC2=O)no1)c1cnccn1. The Kier molecular flexibility index (Phi) is 3.77. The predicted molar refractivity (Wildman–Crippen MR) is 72.9 cm³/mol. The van der Waals surface area contributed by atoms with E-state index in [0.717, 1.165) is 0 Å². The maximum absolute atomic E-state index is 11.8. The molecule has 0 aromatic carbocycles. The molecule has 9 nitrogen and oxygen atoms in total. The summed E-state index contributed by atoms with van der Waals surface area (Å²) in [6, 6.07) is 0. The maximum Gasteiger partial charge on any atom is 0.271 e. The molecule has 22 heavy (non-hydrogen) atoms. The van der Waals surface area contributed by atoms with Gasteiger partial charge in [-0.05, 0) is 6.08 Å². The fourth-order valence-electron chi connectivity index (χ4n) is 1.77. The second-order valence-electron chi connectivity index (χ2n) is 4.30. The lowest BCUT2D eigenvalue weighted by atomic mass is 10.1. The molecular weight excluding hydrogens is 288 g/mol. The fourth-order valence-corrected chi connectivity index (χ4v) is 1.77. The van der Waals surface area contributed by atoms with Gasteiger partial charge >= 0.3 is 0 Å². The van der Waals surface area contributed by atoms with Crippen LogP contribution in [0, 0.1) is 0 Å². The lowest BCUT2D eigenvalue weighted by Crippen LogP contribution is -2.24. The summed E-state index contributed by atoms with van der Waals surface area (Å²) in [4.78, 5) is 38.8. The van der Waals surface area contributed by atoms with Crippen LogP contribution in [0.25, 0.3) is 0 Å². The summed E-state index contributed by atoms with van der Waals surface area (Å²) in [7, 11) is 0. The first-order valence-electron chi connectivity index (χ1n) is 6.35. The largest absolute Gasteiger partial charge is 0.342 e. The van der Waals surface area contributed by atoms with E-state index in [0.29, 0.717) is 0 Å². The van der Waals surface area contributed by atoms with Gasteiger partial charge in [-0.3, -0.25) is 14.6 Å². The maximum atomic E-state index is 11.8. The number of aliphatic imine (C=N–C) groups is 1. The van der Waals surface area contributed by atoms with Crippen molar-refractivity contribution in [2.24, 2.45) is 4.99 Å². The van der Waals surface area contributed by atoms with Crippen LogP contribution in [-0.4, -0.2) is 38.1 Å². The lowest BCUT2D eigenvalue weighted by Gasteiger charge is -2.04. The molecule has 2 aromatic heterocycles. The van der Waals surface area contributed by atoms with Crippen LogP contribution in [0.3, 0.4) is 0 Å². The second kappa shape index (κ2) is 6.04. The monoisotopic (exact) mass is 298 g/mol. The van der Waals surface area contributed by atoms with Crippen molar-refractivity contribution in [1.82, 2.24) is 25.4 Å². The topological polar surface area (TPSA) is 123 Å². The van der Waals surface area contributed by atoms with Crippen LogP contribution in [0.2, 0.25) is 0 Å².